The van der Waals surface area contributed by atoms with Gasteiger partial charge in [-0.3, -0.25) is 9.59 Å². The molecule has 4 rings (SSSR count). The number of carbonyl (C=O) groups is 3. The zero-order valence-electron chi connectivity index (χ0n) is 21.7. The Bertz CT molecular complexity index is 1430. The number of hydrogen-bond acceptors (Lipinski definition) is 6. The summed E-state index contributed by atoms with van der Waals surface area (Å²) in [5.74, 6) is -0.976. The second-order valence-corrected chi connectivity index (χ2v) is 10.2. The van der Waals surface area contributed by atoms with Gasteiger partial charge in [-0.15, -0.1) is 11.3 Å². The molecule has 2 amide bonds. The standard InChI is InChI=1S/C30H29N3O4S/c1-19(2)27(30(36)37-4)33(3)29(35)28-31-17-26(38-28)24-15-14-23(16-25(24)32-18-34)22-12-10-21(11-13-22)20-8-6-5-7-9-20/h5-19,27H,1-4H3,(H,32,34). The van der Waals surface area contributed by atoms with Gasteiger partial charge in [0.15, 0.2) is 5.01 Å². The van der Waals surface area contributed by atoms with Crippen molar-refractivity contribution >= 4 is 35.3 Å². The van der Waals surface area contributed by atoms with Crippen LogP contribution >= 0.6 is 11.3 Å². The van der Waals surface area contributed by atoms with E-state index in [1.807, 2.05) is 62.4 Å². The van der Waals surface area contributed by atoms with Gasteiger partial charge in [-0.1, -0.05) is 80.6 Å². The number of rotatable bonds is 9. The smallest absolute Gasteiger partial charge is 0.328 e. The molecule has 194 valence electrons. The Morgan fingerprint density at radius 3 is 2.16 bits per heavy atom. The summed E-state index contributed by atoms with van der Waals surface area (Å²) >= 11 is 1.20. The molecule has 0 saturated heterocycles. The van der Waals surface area contributed by atoms with Crippen molar-refractivity contribution in [3.8, 4) is 32.7 Å². The number of esters is 1. The molecule has 1 N–H and O–H groups in total. The van der Waals surface area contributed by atoms with Crippen molar-refractivity contribution in [2.75, 3.05) is 19.5 Å². The molecule has 0 radical (unpaired) electrons. The predicted molar refractivity (Wildman–Crippen MR) is 151 cm³/mol. The second-order valence-electron chi connectivity index (χ2n) is 9.12. The molecule has 3 aromatic carbocycles. The molecule has 0 aliphatic heterocycles. The van der Waals surface area contributed by atoms with Gasteiger partial charge in [-0.25, -0.2) is 9.78 Å². The van der Waals surface area contributed by atoms with E-state index in [1.165, 1.54) is 23.3 Å². The van der Waals surface area contributed by atoms with Crippen molar-refractivity contribution in [2.24, 2.45) is 5.92 Å². The number of thiazole rings is 1. The number of aromatic nitrogens is 1. The van der Waals surface area contributed by atoms with Crippen molar-refractivity contribution < 1.29 is 19.1 Å². The van der Waals surface area contributed by atoms with Gasteiger partial charge in [0.25, 0.3) is 5.91 Å². The lowest BCUT2D eigenvalue weighted by molar-refractivity contribution is -0.147. The van der Waals surface area contributed by atoms with E-state index < -0.39 is 12.0 Å². The number of likely N-dealkylation sites (N-methyl/N-ethyl adjacent to an activating group) is 1. The number of nitrogens with zero attached hydrogens (tertiary/aromatic N) is 2. The highest BCUT2D eigenvalue weighted by atomic mass is 32.1. The molecule has 0 fully saturated rings. The average Bonchev–Trinajstić information content (AvgIpc) is 3.43. The molecular formula is C30H29N3O4S. The van der Waals surface area contributed by atoms with Crippen LogP contribution in [0, 0.1) is 5.92 Å². The molecule has 38 heavy (non-hydrogen) atoms. The second kappa shape index (κ2) is 11.8. The highest BCUT2D eigenvalue weighted by Gasteiger charge is 2.32. The Morgan fingerprint density at radius 2 is 1.55 bits per heavy atom. The highest BCUT2D eigenvalue weighted by molar-refractivity contribution is 7.17. The Morgan fingerprint density at radius 1 is 0.947 bits per heavy atom. The lowest BCUT2D eigenvalue weighted by Gasteiger charge is -2.28. The van der Waals surface area contributed by atoms with Gasteiger partial charge in [0, 0.05) is 24.5 Å². The van der Waals surface area contributed by atoms with E-state index in [-0.39, 0.29) is 16.8 Å². The molecule has 1 aromatic heterocycles. The van der Waals surface area contributed by atoms with Crippen LogP contribution in [0.5, 0.6) is 0 Å². The van der Waals surface area contributed by atoms with Gasteiger partial charge in [-0.05, 0) is 34.2 Å². The quantitative estimate of drug-likeness (QED) is 0.214. The predicted octanol–water partition coefficient (Wildman–Crippen LogP) is 5.98. The highest BCUT2D eigenvalue weighted by Crippen LogP contribution is 2.36. The molecule has 1 unspecified atom stereocenters. The maximum Gasteiger partial charge on any atom is 0.328 e. The fourth-order valence-electron chi connectivity index (χ4n) is 4.38. The largest absolute Gasteiger partial charge is 0.467 e. The van der Waals surface area contributed by atoms with Gasteiger partial charge in [0.2, 0.25) is 6.41 Å². The summed E-state index contributed by atoms with van der Waals surface area (Å²) in [5, 5.41) is 3.03. The minimum Gasteiger partial charge on any atom is -0.467 e. The number of methoxy groups -OCH3 is 1. The van der Waals surface area contributed by atoms with Gasteiger partial charge in [0.1, 0.15) is 6.04 Å². The Balaban J connectivity index is 1.61. The van der Waals surface area contributed by atoms with E-state index in [9.17, 15) is 14.4 Å². The summed E-state index contributed by atoms with van der Waals surface area (Å²) in [6.07, 6.45) is 2.24. The topological polar surface area (TPSA) is 88.6 Å². The SMILES string of the molecule is COC(=O)C(C(C)C)N(C)C(=O)c1ncc(-c2ccc(-c3ccc(-c4ccccc4)cc3)cc2NC=O)s1. The van der Waals surface area contributed by atoms with E-state index >= 15 is 0 Å². The third-order valence-electron chi connectivity index (χ3n) is 6.33. The summed E-state index contributed by atoms with van der Waals surface area (Å²) < 4.78 is 4.88. The minimum atomic E-state index is -0.722. The minimum absolute atomic E-state index is 0.131. The summed E-state index contributed by atoms with van der Waals surface area (Å²) in [4.78, 5) is 43.2. The molecule has 0 bridgehead atoms. The molecule has 7 nitrogen and oxygen atoms in total. The molecule has 8 heteroatoms. The van der Waals surface area contributed by atoms with Crippen molar-refractivity contribution in [3.63, 3.8) is 0 Å². The van der Waals surface area contributed by atoms with Crippen molar-refractivity contribution in [1.29, 1.82) is 0 Å². The summed E-state index contributed by atoms with van der Waals surface area (Å²) in [5.41, 5.74) is 5.57. The van der Waals surface area contributed by atoms with Crippen LogP contribution in [0.1, 0.15) is 23.6 Å². The fourth-order valence-corrected chi connectivity index (χ4v) is 5.32. The van der Waals surface area contributed by atoms with Gasteiger partial charge in [0.05, 0.1) is 12.0 Å². The molecule has 0 aliphatic carbocycles. The van der Waals surface area contributed by atoms with Crippen LogP contribution in [-0.2, 0) is 14.3 Å². The van der Waals surface area contributed by atoms with E-state index in [2.05, 4.69) is 34.6 Å². The van der Waals surface area contributed by atoms with Crippen LogP contribution in [0.3, 0.4) is 0 Å². The summed E-state index contributed by atoms with van der Waals surface area (Å²) in [7, 11) is 2.88. The molecule has 1 heterocycles. The van der Waals surface area contributed by atoms with Gasteiger partial charge >= 0.3 is 5.97 Å². The van der Waals surface area contributed by atoms with Crippen LogP contribution < -0.4 is 5.32 Å². The Labute approximate surface area is 226 Å². The first kappa shape index (κ1) is 26.8. The van der Waals surface area contributed by atoms with Gasteiger partial charge < -0.3 is 15.0 Å². The maximum atomic E-state index is 13.1. The fraction of sp³-hybridized carbons (Fsp3) is 0.200. The first-order valence-electron chi connectivity index (χ1n) is 12.1. The van der Waals surface area contributed by atoms with Crippen LogP contribution in [0.15, 0.2) is 79.0 Å². The average molecular weight is 528 g/mol. The summed E-state index contributed by atoms with van der Waals surface area (Å²) in [6, 6.07) is 23.5. The number of amides is 2. The van der Waals surface area contributed by atoms with Crippen LogP contribution in [-0.4, -0.2) is 48.4 Å². The molecule has 1 atom stereocenters. The maximum absolute atomic E-state index is 13.1. The number of ether oxygens (including phenoxy) is 1. The third kappa shape index (κ3) is 5.65. The summed E-state index contributed by atoms with van der Waals surface area (Å²) in [6.45, 7) is 3.71. The molecule has 0 saturated carbocycles. The number of carbonyl (C=O) groups excluding carboxylic acids is 3. The molecular weight excluding hydrogens is 498 g/mol. The van der Waals surface area contributed by atoms with Crippen LogP contribution in [0.25, 0.3) is 32.7 Å². The molecule has 0 aliphatic rings. The van der Waals surface area contributed by atoms with E-state index in [0.29, 0.717) is 12.1 Å². The molecule has 4 aromatic rings. The monoisotopic (exact) mass is 527 g/mol. The van der Waals surface area contributed by atoms with Crippen molar-refractivity contribution in [3.05, 3.63) is 84.0 Å². The third-order valence-corrected chi connectivity index (χ3v) is 7.34. The normalized spacial score (nSPS) is 11.6. The first-order valence-corrected chi connectivity index (χ1v) is 13.0. The van der Waals surface area contributed by atoms with Crippen LogP contribution in [0.4, 0.5) is 5.69 Å². The first-order chi connectivity index (χ1) is 18.3. The molecule has 0 spiro atoms. The number of hydrogen-bond donors (Lipinski definition) is 1. The zero-order chi connectivity index (χ0) is 27.2. The van der Waals surface area contributed by atoms with E-state index in [0.717, 1.165) is 32.7 Å². The number of anilines is 1. The lowest BCUT2D eigenvalue weighted by atomic mass is 9.98. The lowest BCUT2D eigenvalue weighted by Crippen LogP contribution is -2.46. The van der Waals surface area contributed by atoms with Crippen molar-refractivity contribution in [2.45, 2.75) is 19.9 Å². The number of nitrogens with one attached hydrogen (secondary N) is 1. The zero-order valence-corrected chi connectivity index (χ0v) is 22.5. The van der Waals surface area contributed by atoms with E-state index in [4.69, 9.17) is 4.74 Å². The van der Waals surface area contributed by atoms with Crippen molar-refractivity contribution in [1.82, 2.24) is 9.88 Å². The Kier molecular flexibility index (Phi) is 8.33. The number of benzene rings is 3. The van der Waals surface area contributed by atoms with E-state index in [1.54, 1.807) is 13.2 Å². The Hall–Kier alpha value is -4.30. The van der Waals surface area contributed by atoms with Gasteiger partial charge in [-0.2, -0.15) is 0 Å². The van der Waals surface area contributed by atoms with Crippen LogP contribution in [0.2, 0.25) is 0 Å².